The molecule has 0 bridgehead atoms. The summed E-state index contributed by atoms with van der Waals surface area (Å²) < 4.78 is 32.5. The molecule has 1 N–H and O–H groups in total. The number of amides is 2. The molecule has 208 valence electrons. The molecule has 3 aromatic carbocycles. The van der Waals surface area contributed by atoms with Gasteiger partial charge in [0.2, 0.25) is 21.8 Å². The van der Waals surface area contributed by atoms with Gasteiger partial charge < -0.3 is 15.0 Å². The molecule has 3 aromatic rings. The highest BCUT2D eigenvalue weighted by molar-refractivity contribution is 7.92. The molecule has 0 saturated carbocycles. The molecule has 0 aliphatic heterocycles. The Labute approximate surface area is 231 Å². The Hall–Kier alpha value is -3.85. The second-order valence-corrected chi connectivity index (χ2v) is 11.5. The Morgan fingerprint density at radius 1 is 0.897 bits per heavy atom. The van der Waals surface area contributed by atoms with E-state index in [1.165, 1.54) is 4.90 Å². The predicted molar refractivity (Wildman–Crippen MR) is 154 cm³/mol. The Morgan fingerprint density at radius 2 is 1.49 bits per heavy atom. The van der Waals surface area contributed by atoms with E-state index in [2.05, 4.69) is 5.32 Å². The van der Waals surface area contributed by atoms with Crippen LogP contribution in [0.3, 0.4) is 0 Å². The minimum Gasteiger partial charge on any atom is -0.457 e. The van der Waals surface area contributed by atoms with Crippen LogP contribution >= 0.6 is 0 Å². The second kappa shape index (κ2) is 13.3. The average molecular weight is 552 g/mol. The molecule has 0 saturated heterocycles. The molecule has 0 aromatic heterocycles. The summed E-state index contributed by atoms with van der Waals surface area (Å²) in [5.74, 6) is 0.401. The Bertz CT molecular complexity index is 1360. The van der Waals surface area contributed by atoms with Crippen LogP contribution < -0.4 is 14.4 Å². The van der Waals surface area contributed by atoms with Gasteiger partial charge in [-0.2, -0.15) is 0 Å². The zero-order valence-corrected chi connectivity index (χ0v) is 23.9. The molecule has 8 nitrogen and oxygen atoms in total. The van der Waals surface area contributed by atoms with Crippen LogP contribution in [0.1, 0.15) is 38.3 Å². The first-order valence-electron chi connectivity index (χ1n) is 12.9. The lowest BCUT2D eigenvalue weighted by molar-refractivity contribution is -0.139. The van der Waals surface area contributed by atoms with Gasteiger partial charge >= 0.3 is 0 Å². The van der Waals surface area contributed by atoms with Gasteiger partial charge in [0.05, 0.1) is 11.9 Å². The van der Waals surface area contributed by atoms with E-state index in [0.717, 1.165) is 28.1 Å². The van der Waals surface area contributed by atoms with Gasteiger partial charge in [-0.25, -0.2) is 8.42 Å². The molecule has 2 atom stereocenters. The minimum absolute atomic E-state index is 0.0560. The molecule has 0 aliphatic rings. The van der Waals surface area contributed by atoms with Crippen molar-refractivity contribution in [2.75, 3.05) is 17.1 Å². The van der Waals surface area contributed by atoms with Crippen molar-refractivity contribution in [3.63, 3.8) is 0 Å². The fourth-order valence-corrected chi connectivity index (χ4v) is 4.79. The zero-order chi connectivity index (χ0) is 28.6. The first kappa shape index (κ1) is 29.7. The van der Waals surface area contributed by atoms with Crippen molar-refractivity contribution in [3.8, 4) is 11.5 Å². The Kier molecular flexibility index (Phi) is 10.1. The highest BCUT2D eigenvalue weighted by Crippen LogP contribution is 2.26. The molecule has 3 rings (SSSR count). The molecular formula is C30H37N3O5S. The van der Waals surface area contributed by atoms with Gasteiger partial charge in [-0.15, -0.1) is 0 Å². The lowest BCUT2D eigenvalue weighted by Gasteiger charge is -2.32. The SMILES string of the molecule is CC[C@H](C)NC(=O)[C@H](C)N(Cc1ccccc1C)C(=O)CN(c1ccc(Oc2ccccc2)cc1)S(C)(=O)=O. The number of hydrogen-bond donors (Lipinski definition) is 1. The summed E-state index contributed by atoms with van der Waals surface area (Å²) in [6, 6.07) is 22.5. The van der Waals surface area contributed by atoms with Crippen LogP contribution in [0.4, 0.5) is 5.69 Å². The maximum Gasteiger partial charge on any atom is 0.244 e. The molecule has 0 unspecified atom stereocenters. The number of carbonyl (C=O) groups is 2. The third kappa shape index (κ3) is 8.32. The monoisotopic (exact) mass is 551 g/mol. The number of sulfonamides is 1. The Morgan fingerprint density at radius 3 is 2.08 bits per heavy atom. The van der Waals surface area contributed by atoms with Crippen molar-refractivity contribution in [2.24, 2.45) is 0 Å². The standard InChI is InChI=1S/C30H37N3O5S/c1-6-23(3)31-30(35)24(4)32(20-25-13-11-10-12-22(25)2)29(34)21-33(39(5,36)37)26-16-18-28(19-17-26)38-27-14-8-7-9-15-27/h7-19,23-24H,6,20-21H2,1-5H3,(H,31,35)/t23-,24-/m0/s1. The molecule has 0 aliphatic carbocycles. The smallest absolute Gasteiger partial charge is 0.244 e. The van der Waals surface area contributed by atoms with Crippen LogP contribution in [0.25, 0.3) is 0 Å². The first-order chi connectivity index (χ1) is 18.5. The van der Waals surface area contributed by atoms with Crippen molar-refractivity contribution < 1.29 is 22.7 Å². The fourth-order valence-electron chi connectivity index (χ4n) is 3.94. The number of nitrogens with zero attached hydrogens (tertiary/aromatic N) is 2. The lowest BCUT2D eigenvalue weighted by atomic mass is 10.1. The number of aryl methyl sites for hydroxylation is 1. The molecule has 39 heavy (non-hydrogen) atoms. The maximum absolute atomic E-state index is 13.7. The summed E-state index contributed by atoms with van der Waals surface area (Å²) in [4.78, 5) is 28.2. The first-order valence-corrected chi connectivity index (χ1v) is 14.8. The van der Waals surface area contributed by atoms with Crippen LogP contribution in [0.2, 0.25) is 0 Å². The zero-order valence-electron chi connectivity index (χ0n) is 23.1. The molecule has 0 spiro atoms. The highest BCUT2D eigenvalue weighted by atomic mass is 32.2. The van der Waals surface area contributed by atoms with Crippen molar-refractivity contribution >= 4 is 27.5 Å². The van der Waals surface area contributed by atoms with E-state index in [0.29, 0.717) is 17.2 Å². The number of carbonyl (C=O) groups excluding carboxylic acids is 2. The third-order valence-corrected chi connectivity index (χ3v) is 7.69. The summed E-state index contributed by atoms with van der Waals surface area (Å²) in [6.45, 7) is 7.17. The number of hydrogen-bond acceptors (Lipinski definition) is 5. The predicted octanol–water partition coefficient (Wildman–Crippen LogP) is 4.89. The molecular weight excluding hydrogens is 514 g/mol. The van der Waals surface area contributed by atoms with Gasteiger partial charge in [0, 0.05) is 12.6 Å². The average Bonchev–Trinajstić information content (AvgIpc) is 2.91. The van der Waals surface area contributed by atoms with E-state index >= 15 is 0 Å². The van der Waals surface area contributed by atoms with Gasteiger partial charge in [0.1, 0.15) is 24.1 Å². The lowest BCUT2D eigenvalue weighted by Crippen LogP contribution is -2.52. The molecule has 0 heterocycles. The topological polar surface area (TPSA) is 96.0 Å². The molecule has 0 fully saturated rings. The van der Waals surface area contributed by atoms with Gasteiger partial charge in [-0.3, -0.25) is 13.9 Å². The third-order valence-electron chi connectivity index (χ3n) is 6.55. The number of rotatable bonds is 12. The highest BCUT2D eigenvalue weighted by Gasteiger charge is 2.30. The van der Waals surface area contributed by atoms with Crippen LogP contribution in [-0.4, -0.2) is 50.0 Å². The number of nitrogens with one attached hydrogen (secondary N) is 1. The van der Waals surface area contributed by atoms with E-state index in [1.54, 1.807) is 31.2 Å². The fraction of sp³-hybridized carbons (Fsp3) is 0.333. The van der Waals surface area contributed by atoms with Gasteiger partial charge in [-0.05, 0) is 74.7 Å². The van der Waals surface area contributed by atoms with E-state index in [1.807, 2.05) is 75.4 Å². The quantitative estimate of drug-likeness (QED) is 0.346. The maximum atomic E-state index is 13.7. The normalized spacial score (nSPS) is 12.7. The van der Waals surface area contributed by atoms with E-state index < -0.39 is 28.5 Å². The number of anilines is 1. The van der Waals surface area contributed by atoms with Crippen molar-refractivity contribution in [1.29, 1.82) is 0 Å². The molecule has 2 amide bonds. The summed E-state index contributed by atoms with van der Waals surface area (Å²) in [7, 11) is -3.82. The number of benzene rings is 3. The van der Waals surface area contributed by atoms with Crippen LogP contribution in [0.15, 0.2) is 78.9 Å². The van der Waals surface area contributed by atoms with Crippen molar-refractivity contribution in [3.05, 3.63) is 90.0 Å². The number of para-hydroxylation sites is 1. The van der Waals surface area contributed by atoms with Crippen LogP contribution in [0, 0.1) is 6.92 Å². The molecule has 9 heteroatoms. The minimum atomic E-state index is -3.82. The number of ether oxygens (including phenoxy) is 1. The van der Waals surface area contributed by atoms with Gasteiger partial charge in [0.15, 0.2) is 0 Å². The van der Waals surface area contributed by atoms with E-state index in [9.17, 15) is 18.0 Å². The second-order valence-electron chi connectivity index (χ2n) is 9.62. The van der Waals surface area contributed by atoms with Gasteiger partial charge in [0.25, 0.3) is 0 Å². The summed E-state index contributed by atoms with van der Waals surface area (Å²) in [5.41, 5.74) is 2.17. The summed E-state index contributed by atoms with van der Waals surface area (Å²) >= 11 is 0. The largest absolute Gasteiger partial charge is 0.457 e. The molecule has 0 radical (unpaired) electrons. The summed E-state index contributed by atoms with van der Waals surface area (Å²) in [5, 5.41) is 2.93. The van der Waals surface area contributed by atoms with Crippen LogP contribution in [0.5, 0.6) is 11.5 Å². The van der Waals surface area contributed by atoms with Crippen molar-refractivity contribution in [1.82, 2.24) is 10.2 Å². The van der Waals surface area contributed by atoms with Gasteiger partial charge in [-0.1, -0.05) is 49.4 Å². The summed E-state index contributed by atoms with van der Waals surface area (Å²) in [6.07, 6.45) is 1.80. The van der Waals surface area contributed by atoms with E-state index in [4.69, 9.17) is 4.74 Å². The van der Waals surface area contributed by atoms with E-state index in [-0.39, 0.29) is 18.5 Å². The van der Waals surface area contributed by atoms with Crippen LogP contribution in [-0.2, 0) is 26.2 Å². The van der Waals surface area contributed by atoms with Crippen molar-refractivity contribution in [2.45, 2.75) is 52.7 Å². The Balaban J connectivity index is 1.87.